The van der Waals surface area contributed by atoms with Gasteiger partial charge >= 0.3 is 0 Å². The van der Waals surface area contributed by atoms with E-state index in [1.807, 2.05) is 38.1 Å². The quantitative estimate of drug-likeness (QED) is 0.766. The van der Waals surface area contributed by atoms with Crippen molar-refractivity contribution in [1.29, 1.82) is 0 Å². The van der Waals surface area contributed by atoms with Gasteiger partial charge in [0.15, 0.2) is 0 Å². The van der Waals surface area contributed by atoms with Gasteiger partial charge in [-0.05, 0) is 26.0 Å². The molecule has 0 saturated carbocycles. The summed E-state index contributed by atoms with van der Waals surface area (Å²) in [5.41, 5.74) is 0.858. The van der Waals surface area contributed by atoms with E-state index in [1.54, 1.807) is 17.2 Å². The molecule has 0 radical (unpaired) electrons. The molecule has 0 aliphatic rings. The summed E-state index contributed by atoms with van der Waals surface area (Å²) in [6.07, 6.45) is 3.43. The van der Waals surface area contributed by atoms with Crippen molar-refractivity contribution >= 4 is 0 Å². The van der Waals surface area contributed by atoms with Crippen molar-refractivity contribution in [1.82, 2.24) is 15.0 Å². The van der Waals surface area contributed by atoms with E-state index in [0.717, 1.165) is 11.4 Å². The molecular formula is C11H13N3O. The van der Waals surface area contributed by atoms with Crippen molar-refractivity contribution in [3.05, 3.63) is 36.7 Å². The third-order valence-corrected chi connectivity index (χ3v) is 1.86. The van der Waals surface area contributed by atoms with Gasteiger partial charge in [0.1, 0.15) is 11.4 Å². The largest absolute Gasteiger partial charge is 0.489 e. The maximum absolute atomic E-state index is 5.67. The van der Waals surface area contributed by atoms with Crippen LogP contribution in [0.15, 0.2) is 36.7 Å². The molecule has 0 amide bonds. The summed E-state index contributed by atoms with van der Waals surface area (Å²) in [5, 5.41) is 8.16. The molecule has 1 aromatic heterocycles. The van der Waals surface area contributed by atoms with Gasteiger partial charge in [0.2, 0.25) is 0 Å². The van der Waals surface area contributed by atoms with E-state index in [2.05, 4.69) is 10.2 Å². The second kappa shape index (κ2) is 4.13. The number of hydrogen-bond acceptors (Lipinski definition) is 3. The van der Waals surface area contributed by atoms with Gasteiger partial charge in [-0.1, -0.05) is 12.1 Å². The molecule has 2 aromatic rings. The summed E-state index contributed by atoms with van der Waals surface area (Å²) >= 11 is 0. The van der Waals surface area contributed by atoms with Crippen LogP contribution < -0.4 is 4.74 Å². The van der Waals surface area contributed by atoms with Gasteiger partial charge in [-0.3, -0.25) is 0 Å². The van der Waals surface area contributed by atoms with Gasteiger partial charge in [-0.2, -0.15) is 10.2 Å². The highest BCUT2D eigenvalue weighted by atomic mass is 16.5. The Balaban J connectivity index is 2.38. The van der Waals surface area contributed by atoms with Crippen molar-refractivity contribution in [2.24, 2.45) is 0 Å². The van der Waals surface area contributed by atoms with Crippen LogP contribution in [-0.4, -0.2) is 21.1 Å². The third kappa shape index (κ3) is 2.15. The topological polar surface area (TPSA) is 39.9 Å². The second-order valence-electron chi connectivity index (χ2n) is 3.45. The summed E-state index contributed by atoms with van der Waals surface area (Å²) < 4.78 is 5.67. The minimum Gasteiger partial charge on any atom is -0.489 e. The Morgan fingerprint density at radius 2 is 1.80 bits per heavy atom. The van der Waals surface area contributed by atoms with Crippen LogP contribution >= 0.6 is 0 Å². The van der Waals surface area contributed by atoms with Crippen LogP contribution in [0.1, 0.15) is 13.8 Å². The van der Waals surface area contributed by atoms with E-state index in [1.165, 1.54) is 0 Å². The fraction of sp³-hybridized carbons (Fsp3) is 0.273. The molecule has 0 saturated heterocycles. The monoisotopic (exact) mass is 203 g/mol. The highest BCUT2D eigenvalue weighted by Crippen LogP contribution is 2.21. The molecule has 2 rings (SSSR count). The highest BCUT2D eigenvalue weighted by Gasteiger charge is 2.07. The Morgan fingerprint density at radius 1 is 1.13 bits per heavy atom. The number of hydrogen-bond donors (Lipinski definition) is 0. The molecule has 0 aliphatic carbocycles. The number of aromatic nitrogens is 3. The number of ether oxygens (including phenoxy) is 1. The minimum absolute atomic E-state index is 0.140. The maximum Gasteiger partial charge on any atom is 0.147 e. The Morgan fingerprint density at radius 3 is 2.47 bits per heavy atom. The Kier molecular flexibility index (Phi) is 2.67. The zero-order valence-electron chi connectivity index (χ0n) is 8.79. The molecule has 0 aliphatic heterocycles. The first-order valence-electron chi connectivity index (χ1n) is 4.90. The van der Waals surface area contributed by atoms with E-state index in [0.29, 0.717) is 0 Å². The number of nitrogens with zero attached hydrogens (tertiary/aromatic N) is 3. The van der Waals surface area contributed by atoms with Gasteiger partial charge in [0.25, 0.3) is 0 Å². The lowest BCUT2D eigenvalue weighted by atomic mass is 10.3. The van der Waals surface area contributed by atoms with Crippen LogP contribution in [0.2, 0.25) is 0 Å². The highest BCUT2D eigenvalue weighted by molar-refractivity contribution is 5.44. The second-order valence-corrected chi connectivity index (χ2v) is 3.45. The molecule has 15 heavy (non-hydrogen) atoms. The van der Waals surface area contributed by atoms with Gasteiger partial charge in [-0.25, -0.2) is 0 Å². The Labute approximate surface area is 88.5 Å². The first-order chi connectivity index (χ1) is 7.27. The molecule has 1 heterocycles. The lowest BCUT2D eigenvalue weighted by Gasteiger charge is -2.12. The molecule has 0 spiro atoms. The van der Waals surface area contributed by atoms with Crippen LogP contribution in [0.3, 0.4) is 0 Å². The fourth-order valence-corrected chi connectivity index (χ4v) is 1.32. The van der Waals surface area contributed by atoms with Crippen molar-refractivity contribution < 1.29 is 4.74 Å². The molecule has 0 unspecified atom stereocenters. The summed E-state index contributed by atoms with van der Waals surface area (Å²) in [6, 6.07) is 7.72. The summed E-state index contributed by atoms with van der Waals surface area (Å²) in [6.45, 7) is 3.99. The first kappa shape index (κ1) is 9.71. The van der Waals surface area contributed by atoms with Crippen LogP contribution in [0.25, 0.3) is 5.69 Å². The smallest absolute Gasteiger partial charge is 0.147 e. The SMILES string of the molecule is CC(C)Oc1ccccc1-n1nccn1. The van der Waals surface area contributed by atoms with Gasteiger partial charge < -0.3 is 4.74 Å². The van der Waals surface area contributed by atoms with Gasteiger partial charge in [-0.15, -0.1) is 4.80 Å². The van der Waals surface area contributed by atoms with Crippen molar-refractivity contribution in [3.63, 3.8) is 0 Å². The molecular weight excluding hydrogens is 190 g/mol. The molecule has 0 atom stereocenters. The van der Waals surface area contributed by atoms with Gasteiger partial charge in [0, 0.05) is 0 Å². The fourth-order valence-electron chi connectivity index (χ4n) is 1.32. The zero-order valence-corrected chi connectivity index (χ0v) is 8.79. The van der Waals surface area contributed by atoms with E-state index in [-0.39, 0.29) is 6.10 Å². The predicted octanol–water partition coefficient (Wildman–Crippen LogP) is 2.05. The summed E-state index contributed by atoms with van der Waals surface area (Å²) in [4.78, 5) is 1.55. The van der Waals surface area contributed by atoms with E-state index >= 15 is 0 Å². The molecule has 0 N–H and O–H groups in total. The predicted molar refractivity (Wildman–Crippen MR) is 57.1 cm³/mol. The Hall–Kier alpha value is -1.84. The normalized spacial score (nSPS) is 10.6. The number of para-hydroxylation sites is 2. The van der Waals surface area contributed by atoms with Gasteiger partial charge in [0.05, 0.1) is 18.5 Å². The average Bonchev–Trinajstić information content (AvgIpc) is 2.70. The minimum atomic E-state index is 0.140. The van der Waals surface area contributed by atoms with Crippen LogP contribution in [0.5, 0.6) is 5.75 Å². The zero-order chi connectivity index (χ0) is 10.7. The molecule has 4 heteroatoms. The number of rotatable bonds is 3. The maximum atomic E-state index is 5.67. The van der Waals surface area contributed by atoms with E-state index < -0.39 is 0 Å². The third-order valence-electron chi connectivity index (χ3n) is 1.86. The molecule has 4 nitrogen and oxygen atoms in total. The molecule has 1 aromatic carbocycles. The number of benzene rings is 1. The average molecular weight is 203 g/mol. The van der Waals surface area contributed by atoms with Crippen LogP contribution in [-0.2, 0) is 0 Å². The van der Waals surface area contributed by atoms with Crippen molar-refractivity contribution in [2.45, 2.75) is 20.0 Å². The van der Waals surface area contributed by atoms with Crippen molar-refractivity contribution in [3.8, 4) is 11.4 Å². The Bertz CT molecular complexity index is 423. The van der Waals surface area contributed by atoms with Crippen LogP contribution in [0, 0.1) is 0 Å². The lowest BCUT2D eigenvalue weighted by Crippen LogP contribution is -2.09. The summed E-state index contributed by atoms with van der Waals surface area (Å²) in [5.74, 6) is 0.795. The van der Waals surface area contributed by atoms with E-state index in [4.69, 9.17) is 4.74 Å². The summed E-state index contributed by atoms with van der Waals surface area (Å²) in [7, 11) is 0. The molecule has 0 fully saturated rings. The van der Waals surface area contributed by atoms with Crippen LogP contribution in [0.4, 0.5) is 0 Å². The lowest BCUT2D eigenvalue weighted by molar-refractivity contribution is 0.241. The van der Waals surface area contributed by atoms with E-state index in [9.17, 15) is 0 Å². The van der Waals surface area contributed by atoms with Crippen molar-refractivity contribution in [2.75, 3.05) is 0 Å². The standard InChI is InChI=1S/C11H13N3O/c1-9(2)15-11-6-4-3-5-10(11)14-12-7-8-13-14/h3-9H,1-2H3. The molecule has 0 bridgehead atoms. The first-order valence-corrected chi connectivity index (χ1v) is 4.90. The molecule has 78 valence electrons.